The van der Waals surface area contributed by atoms with Crippen molar-refractivity contribution < 1.29 is 4.74 Å². The molecule has 1 aromatic heterocycles. The van der Waals surface area contributed by atoms with Gasteiger partial charge in [0.05, 0.1) is 13.7 Å². The average Bonchev–Trinajstić information content (AvgIpc) is 2.89. The molecule has 7 heteroatoms. The second-order valence-corrected chi connectivity index (χ2v) is 4.41. The van der Waals surface area contributed by atoms with Crippen LogP contribution in [0, 0.1) is 0 Å². The summed E-state index contributed by atoms with van der Waals surface area (Å²) < 4.78 is 5.14. The van der Waals surface area contributed by atoms with Gasteiger partial charge in [-0.2, -0.15) is 0 Å². The Morgan fingerprint density at radius 2 is 2.37 bits per heavy atom. The zero-order valence-corrected chi connectivity index (χ0v) is 12.0. The highest BCUT2D eigenvalue weighted by Gasteiger charge is 1.98. The van der Waals surface area contributed by atoms with E-state index in [0.29, 0.717) is 12.5 Å². The lowest BCUT2D eigenvalue weighted by molar-refractivity contribution is 0.414. The largest absolute Gasteiger partial charge is 0.497 e. The quantitative estimate of drug-likeness (QED) is 0.672. The number of nitrogens with zero attached hydrogens (tertiary/aromatic N) is 2. The fraction of sp³-hybridized carbons (Fsp3) is 0.167. The monoisotopic (exact) mass is 298 g/mol. The van der Waals surface area contributed by atoms with Gasteiger partial charge in [-0.05, 0) is 17.7 Å². The third-order valence-corrected chi connectivity index (χ3v) is 2.92. The summed E-state index contributed by atoms with van der Waals surface area (Å²) >= 11 is 1.48. The second-order valence-electron chi connectivity index (χ2n) is 3.52. The van der Waals surface area contributed by atoms with E-state index in [9.17, 15) is 0 Å². The Kier molecular flexibility index (Phi) is 6.11. The van der Waals surface area contributed by atoms with Crippen LogP contribution < -0.4 is 15.8 Å². The van der Waals surface area contributed by atoms with Gasteiger partial charge in [-0.15, -0.1) is 23.7 Å². The van der Waals surface area contributed by atoms with Gasteiger partial charge in [-0.1, -0.05) is 12.1 Å². The summed E-state index contributed by atoms with van der Waals surface area (Å²) in [5.41, 5.74) is 6.80. The number of thiazole rings is 1. The molecule has 0 unspecified atom stereocenters. The van der Waals surface area contributed by atoms with Gasteiger partial charge < -0.3 is 15.8 Å². The predicted octanol–water partition coefficient (Wildman–Crippen LogP) is 2.50. The number of rotatable bonds is 4. The normalized spacial score (nSPS) is 10.7. The first kappa shape index (κ1) is 15.3. The fourth-order valence-electron chi connectivity index (χ4n) is 1.38. The number of aliphatic imine (C=N–C) groups is 1. The van der Waals surface area contributed by atoms with E-state index in [1.165, 1.54) is 11.3 Å². The zero-order valence-electron chi connectivity index (χ0n) is 10.4. The molecule has 1 heterocycles. The second kappa shape index (κ2) is 7.60. The minimum absolute atomic E-state index is 0. The minimum Gasteiger partial charge on any atom is -0.497 e. The number of halogens is 1. The van der Waals surface area contributed by atoms with Crippen molar-refractivity contribution in [1.29, 1.82) is 0 Å². The van der Waals surface area contributed by atoms with E-state index >= 15 is 0 Å². The molecular formula is C12H15ClN4OS. The zero-order chi connectivity index (χ0) is 12.8. The number of nitrogens with one attached hydrogen (secondary N) is 1. The van der Waals surface area contributed by atoms with E-state index < -0.39 is 0 Å². The maximum Gasteiger partial charge on any atom is 0.195 e. The number of hydrogen-bond donors (Lipinski definition) is 2. The van der Waals surface area contributed by atoms with Crippen molar-refractivity contribution in [3.05, 3.63) is 41.4 Å². The summed E-state index contributed by atoms with van der Waals surface area (Å²) in [6, 6.07) is 7.72. The molecular weight excluding hydrogens is 284 g/mol. The van der Waals surface area contributed by atoms with Gasteiger partial charge in [0.2, 0.25) is 0 Å². The maximum absolute atomic E-state index is 5.76. The van der Waals surface area contributed by atoms with E-state index in [1.807, 2.05) is 29.6 Å². The summed E-state index contributed by atoms with van der Waals surface area (Å²) in [6.45, 7) is 0.501. The number of guanidine groups is 1. The molecule has 2 rings (SSSR count). The molecule has 0 aliphatic rings. The van der Waals surface area contributed by atoms with Crippen LogP contribution in [-0.2, 0) is 6.54 Å². The first-order chi connectivity index (χ1) is 8.78. The molecule has 19 heavy (non-hydrogen) atoms. The Morgan fingerprint density at radius 3 is 3.05 bits per heavy atom. The van der Waals surface area contributed by atoms with Crippen LogP contribution in [0.4, 0.5) is 5.13 Å². The topological polar surface area (TPSA) is 72.5 Å². The molecule has 0 aliphatic carbocycles. The molecule has 0 fully saturated rings. The Bertz CT molecular complexity index is 530. The third kappa shape index (κ3) is 4.76. The van der Waals surface area contributed by atoms with Gasteiger partial charge in [0.25, 0.3) is 0 Å². The predicted molar refractivity (Wildman–Crippen MR) is 81.3 cm³/mol. The van der Waals surface area contributed by atoms with Crippen molar-refractivity contribution in [3.63, 3.8) is 0 Å². The molecule has 0 amide bonds. The molecule has 0 radical (unpaired) electrons. The van der Waals surface area contributed by atoms with E-state index in [1.54, 1.807) is 13.3 Å². The summed E-state index contributed by atoms with van der Waals surface area (Å²) in [6.07, 6.45) is 1.71. The van der Waals surface area contributed by atoms with Crippen molar-refractivity contribution in [2.24, 2.45) is 10.7 Å². The number of ether oxygens (including phenoxy) is 1. The lowest BCUT2D eigenvalue weighted by Gasteiger charge is -2.03. The highest BCUT2D eigenvalue weighted by atomic mass is 35.5. The van der Waals surface area contributed by atoms with Crippen LogP contribution in [0.1, 0.15) is 5.56 Å². The molecule has 0 bridgehead atoms. The molecule has 0 spiro atoms. The van der Waals surface area contributed by atoms with Crippen LogP contribution in [0.5, 0.6) is 5.75 Å². The summed E-state index contributed by atoms with van der Waals surface area (Å²) in [5, 5.41) is 5.54. The van der Waals surface area contributed by atoms with Crippen LogP contribution in [0.2, 0.25) is 0 Å². The minimum atomic E-state index is 0. The molecule has 5 nitrogen and oxygen atoms in total. The number of aromatic nitrogens is 1. The van der Waals surface area contributed by atoms with Gasteiger partial charge in [-0.25, -0.2) is 9.98 Å². The Labute approximate surface area is 121 Å². The van der Waals surface area contributed by atoms with Crippen LogP contribution in [0.15, 0.2) is 40.8 Å². The molecule has 0 atom stereocenters. The Morgan fingerprint density at radius 1 is 1.53 bits per heavy atom. The molecule has 0 saturated heterocycles. The smallest absolute Gasteiger partial charge is 0.195 e. The lowest BCUT2D eigenvalue weighted by atomic mass is 10.2. The van der Waals surface area contributed by atoms with E-state index in [2.05, 4.69) is 15.3 Å². The first-order valence-electron chi connectivity index (χ1n) is 5.37. The van der Waals surface area contributed by atoms with E-state index in [4.69, 9.17) is 10.5 Å². The molecule has 0 saturated carbocycles. The van der Waals surface area contributed by atoms with Crippen molar-refractivity contribution in [1.82, 2.24) is 4.98 Å². The fourth-order valence-corrected chi connectivity index (χ4v) is 1.92. The summed E-state index contributed by atoms with van der Waals surface area (Å²) in [5.74, 6) is 1.17. The summed E-state index contributed by atoms with van der Waals surface area (Å²) in [7, 11) is 1.64. The van der Waals surface area contributed by atoms with E-state index in [0.717, 1.165) is 16.4 Å². The highest BCUT2D eigenvalue weighted by molar-refractivity contribution is 7.13. The van der Waals surface area contributed by atoms with Crippen molar-refractivity contribution >= 4 is 34.8 Å². The average molecular weight is 299 g/mol. The summed E-state index contributed by atoms with van der Waals surface area (Å²) in [4.78, 5) is 8.30. The molecule has 1 aromatic carbocycles. The molecule has 2 aromatic rings. The van der Waals surface area contributed by atoms with Gasteiger partial charge in [0.1, 0.15) is 5.75 Å². The van der Waals surface area contributed by atoms with Gasteiger partial charge in [-0.3, -0.25) is 0 Å². The van der Waals surface area contributed by atoms with Crippen molar-refractivity contribution in [2.75, 3.05) is 12.4 Å². The van der Waals surface area contributed by atoms with Crippen LogP contribution in [-0.4, -0.2) is 18.1 Å². The number of nitrogens with two attached hydrogens (primary N) is 1. The lowest BCUT2D eigenvalue weighted by Crippen LogP contribution is -2.22. The van der Waals surface area contributed by atoms with Crippen LogP contribution in [0.3, 0.4) is 0 Å². The number of hydrogen-bond acceptors (Lipinski definition) is 4. The molecule has 0 aliphatic heterocycles. The van der Waals surface area contributed by atoms with E-state index in [-0.39, 0.29) is 12.4 Å². The van der Waals surface area contributed by atoms with Gasteiger partial charge >= 0.3 is 0 Å². The Hall–Kier alpha value is -1.79. The van der Waals surface area contributed by atoms with Crippen molar-refractivity contribution in [2.45, 2.75) is 6.54 Å². The van der Waals surface area contributed by atoms with Gasteiger partial charge in [0, 0.05) is 11.6 Å². The van der Waals surface area contributed by atoms with Crippen molar-refractivity contribution in [3.8, 4) is 5.75 Å². The Balaban J connectivity index is 0.00000180. The van der Waals surface area contributed by atoms with Gasteiger partial charge in [0.15, 0.2) is 11.1 Å². The highest BCUT2D eigenvalue weighted by Crippen LogP contribution is 2.13. The number of methoxy groups -OCH3 is 1. The third-order valence-electron chi connectivity index (χ3n) is 2.23. The SMILES string of the molecule is COc1cccc(CN=C(N)Nc2nccs2)c1.Cl. The van der Waals surface area contributed by atoms with Crippen LogP contribution in [0.25, 0.3) is 0 Å². The number of benzene rings is 1. The maximum atomic E-state index is 5.76. The standard InChI is InChI=1S/C12H14N4OS.ClH/c1-17-10-4-2-3-9(7-10)8-15-11(13)16-12-14-5-6-18-12;/h2-7H,8H2,1H3,(H3,13,14,15,16);1H. The first-order valence-corrected chi connectivity index (χ1v) is 6.25. The van der Waals surface area contributed by atoms with Crippen LogP contribution >= 0.6 is 23.7 Å². The molecule has 102 valence electrons. The number of anilines is 1. The molecule has 3 N–H and O–H groups in total.